The Bertz CT molecular complexity index is 4740. The van der Waals surface area contributed by atoms with Crippen LogP contribution >= 0.6 is 22.7 Å². The number of thiophene rings is 2. The number of hydrogen-bond donors (Lipinski definition) is 0. The fraction of sp³-hybridized carbons (Fsp3) is 0.0159. The van der Waals surface area contributed by atoms with Crippen molar-refractivity contribution in [3.05, 3.63) is 211 Å². The molecule has 0 N–H and O–H groups in total. The minimum absolute atomic E-state index is 0.412. The molecule has 5 nitrogen and oxygen atoms in total. The van der Waals surface area contributed by atoms with Crippen LogP contribution in [-0.2, 0) is 0 Å². The van der Waals surface area contributed by atoms with E-state index in [0.29, 0.717) is 22.5 Å². The van der Waals surface area contributed by atoms with Crippen LogP contribution in [0.3, 0.4) is 0 Å². The van der Waals surface area contributed by atoms with Gasteiger partial charge in [-0.05, 0) is 53.9 Å². The molecule has 0 spiro atoms. The number of benzene rings is 10. The van der Waals surface area contributed by atoms with E-state index < -0.39 is 0 Å². The van der Waals surface area contributed by atoms with E-state index in [2.05, 4.69) is 173 Å². The van der Waals surface area contributed by atoms with Gasteiger partial charge in [0, 0.05) is 74.4 Å². The van der Waals surface area contributed by atoms with Crippen molar-refractivity contribution in [2.75, 3.05) is 0 Å². The Balaban J connectivity index is 1.28. The lowest BCUT2D eigenvalue weighted by Gasteiger charge is -2.26. The fourth-order valence-electron chi connectivity index (χ4n) is 11.6. The Morgan fingerprint density at radius 3 is 1.69 bits per heavy atom. The first-order chi connectivity index (χ1) is 34.6. The minimum Gasteiger partial charge on any atom is -0.454 e. The lowest BCUT2D eigenvalue weighted by molar-refractivity contribution is 0.671. The highest BCUT2D eigenvalue weighted by molar-refractivity contribution is 7.27. The predicted molar refractivity (Wildman–Crippen MR) is 295 cm³/mol. The second-order valence-corrected chi connectivity index (χ2v) is 20.2. The largest absolute Gasteiger partial charge is 0.454 e. The van der Waals surface area contributed by atoms with Crippen molar-refractivity contribution in [2.24, 2.45) is 0 Å². The summed E-state index contributed by atoms with van der Waals surface area (Å²) in [6.45, 7) is 11.7. The molecule has 10 aromatic carbocycles. The van der Waals surface area contributed by atoms with Crippen LogP contribution in [-0.4, -0.2) is 9.13 Å². The molecular formula is C63H34N4OS2. The molecule has 0 atom stereocenters. The molecule has 0 amide bonds. The van der Waals surface area contributed by atoms with Gasteiger partial charge in [0.2, 0.25) is 5.69 Å². The van der Waals surface area contributed by atoms with Gasteiger partial charge < -0.3 is 13.6 Å². The third-order valence-corrected chi connectivity index (χ3v) is 16.9. The van der Waals surface area contributed by atoms with E-state index >= 15 is 0 Å². The van der Waals surface area contributed by atoms with Gasteiger partial charge in [0.25, 0.3) is 0 Å². The summed E-state index contributed by atoms with van der Waals surface area (Å²) in [6.07, 6.45) is 0. The quantitative estimate of drug-likeness (QED) is 0.165. The van der Waals surface area contributed by atoms with E-state index in [9.17, 15) is 11.8 Å². The Morgan fingerprint density at radius 2 is 1.03 bits per heavy atom. The number of hydrogen-bond acceptors (Lipinski definition) is 4. The third kappa shape index (κ3) is 5.12. The lowest BCUT2D eigenvalue weighted by atomic mass is 9.87. The Hall–Kier alpha value is -8.98. The molecule has 0 saturated carbocycles. The van der Waals surface area contributed by atoms with Crippen LogP contribution in [0.1, 0.15) is 11.1 Å². The number of furan rings is 1. The summed E-state index contributed by atoms with van der Waals surface area (Å²) in [6, 6.07) is 68.8. The molecule has 70 heavy (non-hydrogen) atoms. The Kier molecular flexibility index (Phi) is 8.10. The van der Waals surface area contributed by atoms with E-state index in [1.807, 2.05) is 42.5 Å². The number of rotatable bonds is 4. The maximum atomic E-state index is 12.1. The van der Waals surface area contributed by atoms with Crippen molar-refractivity contribution in [1.82, 2.24) is 9.13 Å². The molecule has 0 fully saturated rings. The number of aromatic nitrogens is 2. The molecule has 5 aromatic heterocycles. The van der Waals surface area contributed by atoms with Gasteiger partial charge in [-0.1, -0.05) is 158 Å². The van der Waals surface area contributed by atoms with Gasteiger partial charge in [-0.25, -0.2) is 4.85 Å². The average Bonchev–Trinajstić information content (AvgIpc) is 4.23. The molecule has 0 bridgehead atoms. The first-order valence-corrected chi connectivity index (χ1v) is 24.9. The first kappa shape index (κ1) is 39.1. The van der Waals surface area contributed by atoms with E-state index in [1.54, 1.807) is 22.7 Å². The van der Waals surface area contributed by atoms with Crippen molar-refractivity contribution < 1.29 is 4.42 Å². The molecule has 7 heteroatoms. The van der Waals surface area contributed by atoms with Gasteiger partial charge in [0.15, 0.2) is 5.58 Å². The van der Waals surface area contributed by atoms with Crippen molar-refractivity contribution in [3.8, 4) is 39.7 Å². The zero-order valence-electron chi connectivity index (χ0n) is 37.4. The molecule has 5 heterocycles. The van der Waals surface area contributed by atoms with Crippen LogP contribution in [0.2, 0.25) is 0 Å². The summed E-state index contributed by atoms with van der Waals surface area (Å²) in [7, 11) is 0. The van der Waals surface area contributed by atoms with Crippen LogP contribution in [0, 0.1) is 24.8 Å². The van der Waals surface area contributed by atoms with E-state index in [1.165, 1.54) is 30.9 Å². The smallest absolute Gasteiger partial charge is 0.220 e. The van der Waals surface area contributed by atoms with Crippen LogP contribution < -0.4 is 0 Å². The van der Waals surface area contributed by atoms with Gasteiger partial charge in [0.1, 0.15) is 11.7 Å². The molecular weight excluding hydrogens is 893 g/mol. The fourth-order valence-corrected chi connectivity index (χ4v) is 14.1. The Labute approximate surface area is 407 Å². The van der Waals surface area contributed by atoms with Gasteiger partial charge in [-0.3, -0.25) is 0 Å². The summed E-state index contributed by atoms with van der Waals surface area (Å²) in [4.78, 5) is 4.67. The first-order valence-electron chi connectivity index (χ1n) is 23.3. The molecule has 0 radical (unpaired) electrons. The number of para-hydroxylation sites is 2. The number of nitriles is 1. The van der Waals surface area contributed by atoms with Gasteiger partial charge in [0.05, 0.1) is 55.0 Å². The molecule has 15 rings (SSSR count). The van der Waals surface area contributed by atoms with Crippen LogP contribution in [0.15, 0.2) is 192 Å². The highest BCUT2D eigenvalue weighted by Gasteiger charge is 2.34. The number of fused-ring (bicyclic) bond motifs is 18. The maximum absolute atomic E-state index is 12.1. The van der Waals surface area contributed by atoms with Crippen molar-refractivity contribution in [3.63, 3.8) is 0 Å². The maximum Gasteiger partial charge on any atom is 0.220 e. The second kappa shape index (κ2) is 14.5. The van der Waals surface area contributed by atoms with E-state index in [-0.39, 0.29) is 0 Å². The molecule has 15 aromatic rings. The zero-order chi connectivity index (χ0) is 46.4. The van der Waals surface area contributed by atoms with Gasteiger partial charge in [-0.15, -0.1) is 22.7 Å². The summed E-state index contributed by atoms with van der Waals surface area (Å²) in [5.41, 5.74) is 11.8. The minimum atomic E-state index is 0.412. The van der Waals surface area contributed by atoms with E-state index in [4.69, 9.17) is 4.42 Å². The Morgan fingerprint density at radius 1 is 0.486 bits per heavy atom. The molecule has 0 aliphatic heterocycles. The highest BCUT2D eigenvalue weighted by atomic mass is 32.1. The monoisotopic (exact) mass is 926 g/mol. The standard InChI is InChI=1S/C63H34N4OS2/c1-35-16-6-7-19-37(35)54-56(66-49-24-12-8-20-38(49)42-28-31-45-39-21-9-13-25-50(39)68-61(45)57(42)66)48(34-64)53(36-17-4-3-5-18-36)55(65-2)60(54)67-58-43(29-32-46-40-22-10-14-26-51(40)69-62(46)58)44-30-33-47-41-23-11-15-27-52(41)70-63(47)59(44)67/h3-33H,1H3. The van der Waals surface area contributed by atoms with Crippen molar-refractivity contribution in [2.45, 2.75) is 6.92 Å². The third-order valence-electron chi connectivity index (χ3n) is 14.5. The molecule has 0 aliphatic rings. The summed E-state index contributed by atoms with van der Waals surface area (Å²) >= 11 is 3.59. The van der Waals surface area contributed by atoms with Crippen LogP contribution in [0.25, 0.3) is 144 Å². The normalized spacial score (nSPS) is 12.0. The van der Waals surface area contributed by atoms with Crippen molar-refractivity contribution in [1.29, 1.82) is 5.26 Å². The summed E-state index contributed by atoms with van der Waals surface area (Å²) in [5, 5.41) is 23.1. The molecule has 0 saturated heterocycles. The predicted octanol–water partition coefficient (Wildman–Crippen LogP) is 18.6. The second-order valence-electron chi connectivity index (χ2n) is 18.1. The van der Waals surface area contributed by atoms with Gasteiger partial charge in [-0.2, -0.15) is 5.26 Å². The topological polar surface area (TPSA) is 51.1 Å². The molecule has 0 aliphatic carbocycles. The van der Waals surface area contributed by atoms with Crippen LogP contribution in [0.5, 0.6) is 0 Å². The molecule has 0 unspecified atom stereocenters. The number of nitrogens with zero attached hydrogens (tertiary/aromatic N) is 4. The lowest BCUT2D eigenvalue weighted by Crippen LogP contribution is -2.09. The van der Waals surface area contributed by atoms with E-state index in [0.717, 1.165) is 103 Å². The highest BCUT2D eigenvalue weighted by Crippen LogP contribution is 2.55. The van der Waals surface area contributed by atoms with Crippen molar-refractivity contribution >= 4 is 134 Å². The average molecular weight is 927 g/mol. The summed E-state index contributed by atoms with van der Waals surface area (Å²) in [5.74, 6) is 0. The molecule has 324 valence electrons. The number of aryl methyl sites for hydroxylation is 1. The summed E-state index contributed by atoms with van der Waals surface area (Å²) < 4.78 is 16.4. The SMILES string of the molecule is [C-]#[N+]c1c(-c2ccccc2)c(C#N)c(-n2c3ccccc3c3ccc4c5ccccc5oc4c32)c(-c2ccccc2C)c1-n1c2c(ccc3c4ccccc4sc32)c2ccc3c4ccccc4sc3c21. The van der Waals surface area contributed by atoms with Gasteiger partial charge >= 0.3 is 0 Å². The van der Waals surface area contributed by atoms with Crippen LogP contribution in [0.4, 0.5) is 5.69 Å². The zero-order valence-corrected chi connectivity index (χ0v) is 39.0.